The molecule has 9 nitrogen and oxygen atoms in total. The number of carbonyl (C=O) groups excluding carboxylic acids is 2. The molecular formula is C31H46N6O3. The second-order valence-corrected chi connectivity index (χ2v) is 11.4. The Morgan fingerprint density at radius 3 is 2.70 bits per heavy atom. The van der Waals surface area contributed by atoms with Gasteiger partial charge in [-0.15, -0.1) is 0 Å². The van der Waals surface area contributed by atoms with Crippen molar-refractivity contribution in [1.29, 1.82) is 5.41 Å². The molecular weight excluding hydrogens is 504 g/mol. The van der Waals surface area contributed by atoms with Crippen molar-refractivity contribution in [2.45, 2.75) is 77.7 Å². The number of aromatic amines is 1. The van der Waals surface area contributed by atoms with E-state index in [9.17, 15) is 9.59 Å². The zero-order chi connectivity index (χ0) is 28.7. The first-order chi connectivity index (χ1) is 19.3. The largest absolute Gasteiger partial charge is 0.496 e. The summed E-state index contributed by atoms with van der Waals surface area (Å²) in [5.41, 5.74) is 2.87. The van der Waals surface area contributed by atoms with Crippen LogP contribution >= 0.6 is 0 Å². The molecule has 0 radical (unpaired) electrons. The lowest BCUT2D eigenvalue weighted by molar-refractivity contribution is -0.124. The summed E-state index contributed by atoms with van der Waals surface area (Å²) in [5, 5.41) is 14.6. The molecule has 4 N–H and O–H groups in total. The van der Waals surface area contributed by atoms with E-state index in [-0.39, 0.29) is 23.3 Å². The predicted octanol–water partition coefficient (Wildman–Crippen LogP) is 4.67. The van der Waals surface area contributed by atoms with Gasteiger partial charge in [-0.1, -0.05) is 26.7 Å². The lowest BCUT2D eigenvalue weighted by atomic mass is 9.90. The molecule has 4 rings (SSSR count). The van der Waals surface area contributed by atoms with E-state index in [1.807, 2.05) is 13.0 Å². The molecule has 9 heteroatoms. The topological polar surface area (TPSA) is 123 Å². The summed E-state index contributed by atoms with van der Waals surface area (Å²) in [4.78, 5) is 35.8. The van der Waals surface area contributed by atoms with Crippen LogP contribution in [0.1, 0.15) is 89.2 Å². The molecule has 0 aromatic carbocycles. The van der Waals surface area contributed by atoms with Crippen LogP contribution in [0.4, 0.5) is 0 Å². The second-order valence-electron chi connectivity index (χ2n) is 11.4. The van der Waals surface area contributed by atoms with Crippen molar-refractivity contribution >= 4 is 23.0 Å². The Labute approximate surface area is 238 Å². The Morgan fingerprint density at radius 2 is 2.02 bits per heavy atom. The summed E-state index contributed by atoms with van der Waals surface area (Å²) in [5.74, 6) is 1.83. The molecule has 1 saturated carbocycles. The molecule has 2 fully saturated rings. The van der Waals surface area contributed by atoms with Crippen molar-refractivity contribution < 1.29 is 14.3 Å². The Morgan fingerprint density at radius 1 is 1.25 bits per heavy atom. The van der Waals surface area contributed by atoms with Gasteiger partial charge >= 0.3 is 0 Å². The molecule has 1 aliphatic heterocycles. The van der Waals surface area contributed by atoms with Crippen molar-refractivity contribution in [2.75, 3.05) is 33.8 Å². The van der Waals surface area contributed by atoms with E-state index in [2.05, 4.69) is 27.4 Å². The first-order valence-corrected chi connectivity index (χ1v) is 14.9. The summed E-state index contributed by atoms with van der Waals surface area (Å²) >= 11 is 0. The number of carbonyl (C=O) groups is 2. The lowest BCUT2D eigenvalue weighted by Gasteiger charge is -2.32. The third-order valence-electron chi connectivity index (χ3n) is 8.85. The van der Waals surface area contributed by atoms with Crippen LogP contribution in [-0.2, 0) is 14.3 Å². The molecule has 1 aromatic heterocycles. The number of allylic oxidation sites excluding steroid dienone is 4. The number of H-pyrrole nitrogens is 1. The van der Waals surface area contributed by atoms with E-state index >= 15 is 0 Å². The number of Topliss-reactive ketones (excluding diaryl/α,β-unsaturated/α-hetero) is 1. The number of unbranched alkanes of at least 4 members (excludes halogenated alkanes) is 2. The predicted molar refractivity (Wildman–Crippen MR) is 158 cm³/mol. The number of methoxy groups -OCH3 is 1. The Kier molecular flexibility index (Phi) is 10.0. The van der Waals surface area contributed by atoms with Crippen LogP contribution in [0.15, 0.2) is 35.9 Å². The zero-order valence-electron chi connectivity index (χ0n) is 24.6. The fourth-order valence-electron chi connectivity index (χ4n) is 6.06. The molecule has 1 aromatic rings. The van der Waals surface area contributed by atoms with Crippen LogP contribution in [-0.4, -0.2) is 66.1 Å². The van der Waals surface area contributed by atoms with Gasteiger partial charge in [-0.25, -0.2) is 4.98 Å². The normalized spacial score (nSPS) is 22.1. The van der Waals surface area contributed by atoms with Crippen molar-refractivity contribution in [3.63, 3.8) is 0 Å². The van der Waals surface area contributed by atoms with Crippen LogP contribution in [0, 0.1) is 16.7 Å². The number of hydrogen-bond acceptors (Lipinski definition) is 7. The minimum Gasteiger partial charge on any atom is -0.496 e. The average molecular weight is 551 g/mol. The average Bonchev–Trinajstić information content (AvgIpc) is 3.43. The number of ether oxygens (including phenoxy) is 1. The highest BCUT2D eigenvalue weighted by molar-refractivity contribution is 6.13. The highest BCUT2D eigenvalue weighted by Gasteiger charge is 2.58. The molecule has 1 amide bonds. The molecule has 0 bridgehead atoms. The van der Waals surface area contributed by atoms with Crippen LogP contribution in [0.25, 0.3) is 5.57 Å². The van der Waals surface area contributed by atoms with Gasteiger partial charge < -0.3 is 30.7 Å². The van der Waals surface area contributed by atoms with Crippen molar-refractivity contribution in [3.05, 3.63) is 47.4 Å². The Balaban J connectivity index is 1.48. The van der Waals surface area contributed by atoms with Crippen molar-refractivity contribution in [1.82, 2.24) is 25.5 Å². The van der Waals surface area contributed by atoms with Crippen LogP contribution in [0.3, 0.4) is 0 Å². The van der Waals surface area contributed by atoms with Crippen LogP contribution < -0.4 is 10.6 Å². The highest BCUT2D eigenvalue weighted by Crippen LogP contribution is 2.59. The number of piperidine rings is 1. The van der Waals surface area contributed by atoms with Crippen molar-refractivity contribution in [2.24, 2.45) is 11.3 Å². The number of rotatable bonds is 14. The maximum absolute atomic E-state index is 13.5. The van der Waals surface area contributed by atoms with E-state index < -0.39 is 0 Å². The molecule has 3 aliphatic rings. The third kappa shape index (κ3) is 6.92. The fraction of sp³-hybridized carbons (Fsp3) is 0.613. The van der Waals surface area contributed by atoms with E-state index in [0.29, 0.717) is 30.1 Å². The third-order valence-corrected chi connectivity index (χ3v) is 8.85. The maximum Gasteiger partial charge on any atom is 0.224 e. The number of likely N-dealkylation sites (tertiary alicyclic amines) is 1. The van der Waals surface area contributed by atoms with Gasteiger partial charge in [-0.2, -0.15) is 0 Å². The van der Waals surface area contributed by atoms with E-state index in [0.717, 1.165) is 87.2 Å². The summed E-state index contributed by atoms with van der Waals surface area (Å²) < 4.78 is 5.58. The minimum atomic E-state index is -0.235. The van der Waals surface area contributed by atoms with Gasteiger partial charge in [0.1, 0.15) is 17.4 Å². The monoisotopic (exact) mass is 550 g/mol. The molecule has 2 atom stereocenters. The SMILES string of the molecule is CCC(=O)CCCCC[C@H](NC(=O)[C@H]1CC12CCN(CC)CC2)c1ncc(C2=C/C(=C/NC)C(=N)C=C2OC)[nH]1. The van der Waals surface area contributed by atoms with Crippen LogP contribution in [0.2, 0.25) is 0 Å². The number of nitrogens with zero attached hydrogens (tertiary/aromatic N) is 2. The highest BCUT2D eigenvalue weighted by atomic mass is 16.5. The number of ketones is 1. The Hall–Kier alpha value is -3.20. The second kappa shape index (κ2) is 13.4. The van der Waals surface area contributed by atoms with Gasteiger partial charge in [0.05, 0.1) is 30.8 Å². The zero-order valence-corrected chi connectivity index (χ0v) is 24.6. The molecule has 218 valence electrons. The van der Waals surface area contributed by atoms with Crippen molar-refractivity contribution in [3.8, 4) is 0 Å². The molecule has 2 aliphatic carbocycles. The Bertz CT molecular complexity index is 1170. The number of amides is 1. The first kappa shape index (κ1) is 29.8. The quantitative estimate of drug-likeness (QED) is 0.250. The lowest BCUT2D eigenvalue weighted by Crippen LogP contribution is -2.37. The summed E-state index contributed by atoms with van der Waals surface area (Å²) in [6.45, 7) is 7.34. The van der Waals surface area contributed by atoms with E-state index in [1.165, 1.54) is 0 Å². The minimum absolute atomic E-state index is 0.0787. The number of aromatic nitrogens is 2. The van der Waals surface area contributed by atoms with Gasteiger partial charge in [-0.3, -0.25) is 9.59 Å². The van der Waals surface area contributed by atoms with Gasteiger partial charge in [0, 0.05) is 49.2 Å². The summed E-state index contributed by atoms with van der Waals surface area (Å²) in [6.07, 6.45) is 15.0. The number of nitrogens with one attached hydrogen (secondary N) is 4. The fourth-order valence-corrected chi connectivity index (χ4v) is 6.06. The standard InChI is InChI=1S/C31H46N6O3/c1-5-22(38)10-8-7-9-11-26(36-30(39)24-18-31(24)12-14-37(6-2)15-13-31)29-34-20-27(35-29)23-16-21(19-33-3)25(32)17-28(23)40-4/h16-17,19-20,24,26,32-33H,5-15,18H2,1-4H3,(H,34,35)(H,36,39)/b21-19-,32-25?/t24-,26+/m1/s1. The van der Waals surface area contributed by atoms with Gasteiger partial charge in [0.25, 0.3) is 0 Å². The molecule has 2 heterocycles. The molecule has 40 heavy (non-hydrogen) atoms. The smallest absolute Gasteiger partial charge is 0.224 e. The molecule has 1 saturated heterocycles. The number of hydrogen-bond donors (Lipinski definition) is 4. The van der Waals surface area contributed by atoms with Crippen LogP contribution in [0.5, 0.6) is 0 Å². The maximum atomic E-state index is 13.5. The molecule has 1 spiro atoms. The number of imidazole rings is 1. The van der Waals surface area contributed by atoms with Gasteiger partial charge in [0.15, 0.2) is 0 Å². The first-order valence-electron chi connectivity index (χ1n) is 14.9. The summed E-state index contributed by atoms with van der Waals surface area (Å²) in [6, 6.07) is -0.235. The van der Waals surface area contributed by atoms with E-state index in [4.69, 9.17) is 15.1 Å². The summed E-state index contributed by atoms with van der Waals surface area (Å²) in [7, 11) is 3.40. The molecule has 0 unspecified atom stereocenters. The van der Waals surface area contributed by atoms with E-state index in [1.54, 1.807) is 32.6 Å². The van der Waals surface area contributed by atoms with Gasteiger partial charge in [0.2, 0.25) is 5.91 Å². The van der Waals surface area contributed by atoms with Gasteiger partial charge in [-0.05, 0) is 63.2 Å².